The van der Waals surface area contributed by atoms with Gasteiger partial charge in [0.15, 0.2) is 0 Å². The summed E-state index contributed by atoms with van der Waals surface area (Å²) in [4.78, 5) is 28.5. The zero-order valence-electron chi connectivity index (χ0n) is 16.5. The number of halogens is 1. The first-order valence-corrected chi connectivity index (χ1v) is 10.2. The van der Waals surface area contributed by atoms with Gasteiger partial charge in [-0.3, -0.25) is 9.59 Å². The van der Waals surface area contributed by atoms with Gasteiger partial charge in [-0.1, -0.05) is 48.0 Å². The molecule has 148 valence electrons. The van der Waals surface area contributed by atoms with Crippen molar-refractivity contribution in [3.63, 3.8) is 0 Å². The maximum atomic E-state index is 12.8. The van der Waals surface area contributed by atoms with Crippen LogP contribution in [0.25, 0.3) is 0 Å². The molecule has 1 aliphatic rings. The Labute approximate surface area is 172 Å². The molecular weight excluding hydrogens is 372 g/mol. The van der Waals surface area contributed by atoms with Crippen molar-refractivity contribution in [3.05, 3.63) is 64.7 Å². The molecule has 5 heteroatoms. The Bertz CT molecular complexity index is 830. The minimum Gasteiger partial charge on any atom is -0.341 e. The van der Waals surface area contributed by atoms with Crippen LogP contribution in [0.3, 0.4) is 0 Å². The molecule has 0 aliphatic carbocycles. The van der Waals surface area contributed by atoms with Gasteiger partial charge in [0.1, 0.15) is 6.54 Å². The molecule has 1 saturated heterocycles. The van der Waals surface area contributed by atoms with Crippen molar-refractivity contribution < 1.29 is 9.59 Å². The van der Waals surface area contributed by atoms with Gasteiger partial charge in [-0.2, -0.15) is 0 Å². The molecule has 0 saturated carbocycles. The van der Waals surface area contributed by atoms with E-state index in [1.807, 2.05) is 24.0 Å². The van der Waals surface area contributed by atoms with Crippen LogP contribution < -0.4 is 4.90 Å². The van der Waals surface area contributed by atoms with Crippen LogP contribution in [0, 0.1) is 12.8 Å². The van der Waals surface area contributed by atoms with E-state index < -0.39 is 0 Å². The number of carbonyl (C=O) groups is 2. The highest BCUT2D eigenvalue weighted by Gasteiger charge is 2.26. The van der Waals surface area contributed by atoms with Gasteiger partial charge < -0.3 is 9.80 Å². The molecule has 2 amide bonds. The standard InChI is InChI=1S/C23H27ClN2O2/c1-17-21(24)9-6-10-22(17)26(18(2)27)16-23(28)25-13-11-20(12-14-25)15-19-7-4-3-5-8-19/h3-10,20H,11-16H2,1-2H3. The number of hydrogen-bond acceptors (Lipinski definition) is 2. The van der Waals surface area contributed by atoms with Crippen LogP contribution in [-0.2, 0) is 16.0 Å². The van der Waals surface area contributed by atoms with Gasteiger partial charge in [0.05, 0.1) is 0 Å². The molecule has 0 N–H and O–H groups in total. The zero-order valence-corrected chi connectivity index (χ0v) is 17.3. The van der Waals surface area contributed by atoms with Crippen LogP contribution in [0.5, 0.6) is 0 Å². The molecule has 0 atom stereocenters. The first kappa shape index (κ1) is 20.4. The smallest absolute Gasteiger partial charge is 0.242 e. The van der Waals surface area contributed by atoms with Gasteiger partial charge in [0.25, 0.3) is 0 Å². The summed E-state index contributed by atoms with van der Waals surface area (Å²) in [5.41, 5.74) is 2.87. The molecule has 2 aromatic rings. The van der Waals surface area contributed by atoms with Crippen LogP contribution >= 0.6 is 11.6 Å². The monoisotopic (exact) mass is 398 g/mol. The minimum absolute atomic E-state index is 0.00673. The molecule has 3 rings (SSSR count). The Morgan fingerprint density at radius 3 is 2.39 bits per heavy atom. The van der Waals surface area contributed by atoms with Gasteiger partial charge in [-0.15, -0.1) is 0 Å². The third-order valence-electron chi connectivity index (χ3n) is 5.54. The summed E-state index contributed by atoms with van der Waals surface area (Å²) < 4.78 is 0. The highest BCUT2D eigenvalue weighted by Crippen LogP contribution is 2.27. The number of anilines is 1. The van der Waals surface area contributed by atoms with Gasteiger partial charge in [0.2, 0.25) is 11.8 Å². The van der Waals surface area contributed by atoms with E-state index in [-0.39, 0.29) is 18.4 Å². The van der Waals surface area contributed by atoms with Crippen molar-refractivity contribution in [2.45, 2.75) is 33.1 Å². The fraction of sp³-hybridized carbons (Fsp3) is 0.391. The van der Waals surface area contributed by atoms with Crippen LogP contribution in [-0.4, -0.2) is 36.3 Å². The summed E-state index contributed by atoms with van der Waals surface area (Å²) in [5, 5.41) is 0.595. The number of carbonyl (C=O) groups excluding carboxylic acids is 2. The quantitative estimate of drug-likeness (QED) is 0.744. The Morgan fingerprint density at radius 2 is 1.75 bits per heavy atom. The van der Waals surface area contributed by atoms with Crippen LogP contribution in [0.2, 0.25) is 5.02 Å². The normalized spacial score (nSPS) is 14.8. The van der Waals surface area contributed by atoms with E-state index in [2.05, 4.69) is 24.3 Å². The topological polar surface area (TPSA) is 40.6 Å². The lowest BCUT2D eigenvalue weighted by Gasteiger charge is -2.34. The molecule has 1 aliphatic heterocycles. The lowest BCUT2D eigenvalue weighted by atomic mass is 9.90. The fourth-order valence-electron chi connectivity index (χ4n) is 3.82. The number of piperidine rings is 1. The molecule has 0 radical (unpaired) electrons. The van der Waals surface area contributed by atoms with Crippen LogP contribution in [0.1, 0.15) is 30.9 Å². The average molecular weight is 399 g/mol. The van der Waals surface area contributed by atoms with Crippen molar-refractivity contribution in [2.24, 2.45) is 5.92 Å². The van der Waals surface area contributed by atoms with Gasteiger partial charge >= 0.3 is 0 Å². The molecule has 0 bridgehead atoms. The van der Waals surface area contributed by atoms with Gasteiger partial charge in [-0.05, 0) is 55.4 Å². The summed E-state index contributed by atoms with van der Waals surface area (Å²) >= 11 is 6.20. The first-order valence-electron chi connectivity index (χ1n) is 9.80. The number of nitrogens with zero attached hydrogens (tertiary/aromatic N) is 2. The van der Waals surface area contributed by atoms with E-state index in [0.29, 0.717) is 16.6 Å². The molecule has 0 unspecified atom stereocenters. The Kier molecular flexibility index (Phi) is 6.74. The summed E-state index contributed by atoms with van der Waals surface area (Å²) in [6, 6.07) is 15.9. The second-order valence-corrected chi connectivity index (χ2v) is 7.91. The zero-order chi connectivity index (χ0) is 20.1. The summed E-state index contributed by atoms with van der Waals surface area (Å²) in [5.74, 6) is 0.441. The number of amides is 2. The van der Waals surface area contributed by atoms with E-state index in [1.54, 1.807) is 12.1 Å². The minimum atomic E-state index is -0.155. The maximum absolute atomic E-state index is 12.8. The summed E-state index contributed by atoms with van der Waals surface area (Å²) in [6.45, 7) is 4.90. The molecule has 4 nitrogen and oxygen atoms in total. The number of likely N-dealkylation sites (tertiary alicyclic amines) is 1. The molecule has 0 aromatic heterocycles. The average Bonchev–Trinajstić information content (AvgIpc) is 2.69. The molecule has 2 aromatic carbocycles. The van der Waals surface area contributed by atoms with Crippen LogP contribution in [0.15, 0.2) is 48.5 Å². The first-order chi connectivity index (χ1) is 13.5. The summed E-state index contributed by atoms with van der Waals surface area (Å²) in [7, 11) is 0. The highest BCUT2D eigenvalue weighted by atomic mass is 35.5. The maximum Gasteiger partial charge on any atom is 0.242 e. The lowest BCUT2D eigenvalue weighted by molar-refractivity contribution is -0.132. The Morgan fingerprint density at radius 1 is 1.07 bits per heavy atom. The SMILES string of the molecule is CC(=O)N(CC(=O)N1CCC(Cc2ccccc2)CC1)c1cccc(Cl)c1C. The second-order valence-electron chi connectivity index (χ2n) is 7.50. The van der Waals surface area contributed by atoms with Crippen LogP contribution in [0.4, 0.5) is 5.69 Å². The lowest BCUT2D eigenvalue weighted by Crippen LogP contribution is -2.45. The predicted octanol–water partition coefficient (Wildman–Crippen LogP) is 4.48. The third kappa shape index (κ3) is 4.93. The Balaban J connectivity index is 1.59. The predicted molar refractivity (Wildman–Crippen MR) is 114 cm³/mol. The van der Waals surface area contributed by atoms with Gasteiger partial charge in [-0.25, -0.2) is 0 Å². The molecule has 1 heterocycles. The number of benzene rings is 2. The van der Waals surface area contributed by atoms with Crippen molar-refractivity contribution in [3.8, 4) is 0 Å². The van der Waals surface area contributed by atoms with Gasteiger partial charge in [0, 0.05) is 30.7 Å². The van der Waals surface area contributed by atoms with E-state index >= 15 is 0 Å². The Hall–Kier alpha value is -2.33. The number of hydrogen-bond donors (Lipinski definition) is 0. The van der Waals surface area contributed by atoms with Crippen molar-refractivity contribution in [1.29, 1.82) is 0 Å². The molecule has 28 heavy (non-hydrogen) atoms. The number of rotatable bonds is 5. The molecule has 0 spiro atoms. The molecular formula is C23H27ClN2O2. The van der Waals surface area contributed by atoms with E-state index in [1.165, 1.54) is 17.4 Å². The third-order valence-corrected chi connectivity index (χ3v) is 5.95. The largest absolute Gasteiger partial charge is 0.341 e. The van der Waals surface area contributed by atoms with Crippen molar-refractivity contribution in [2.75, 3.05) is 24.5 Å². The van der Waals surface area contributed by atoms with Crippen molar-refractivity contribution in [1.82, 2.24) is 4.90 Å². The second kappa shape index (κ2) is 9.24. The summed E-state index contributed by atoms with van der Waals surface area (Å²) in [6.07, 6.45) is 3.05. The van der Waals surface area contributed by atoms with E-state index in [9.17, 15) is 9.59 Å². The van der Waals surface area contributed by atoms with E-state index in [4.69, 9.17) is 11.6 Å². The highest BCUT2D eigenvalue weighted by molar-refractivity contribution is 6.31. The van der Waals surface area contributed by atoms with E-state index in [0.717, 1.165) is 37.9 Å². The fourth-order valence-corrected chi connectivity index (χ4v) is 3.99. The molecule has 1 fully saturated rings. The van der Waals surface area contributed by atoms with Crippen molar-refractivity contribution >= 4 is 29.1 Å².